The zero-order chi connectivity index (χ0) is 16.4. The molecule has 5 nitrogen and oxygen atoms in total. The Balaban J connectivity index is 0.00000156. The largest absolute Gasteiger partial charge is 0.497 e. The number of hydrogen-bond acceptors (Lipinski definition) is 4. The van der Waals surface area contributed by atoms with Gasteiger partial charge in [0.25, 0.3) is 5.92 Å². The molecular weight excluding hydrogens is 375 g/mol. The molecular formula is C16H23Cl2F2N3O2. The van der Waals surface area contributed by atoms with Crippen LogP contribution in [-0.2, 0) is 4.79 Å². The number of nitrogens with one attached hydrogen (secondary N) is 2. The minimum absolute atomic E-state index is 0. The van der Waals surface area contributed by atoms with Crippen molar-refractivity contribution in [3.8, 4) is 5.75 Å². The van der Waals surface area contributed by atoms with Gasteiger partial charge in [0.15, 0.2) is 0 Å². The number of nitrogens with zero attached hydrogens (tertiary/aromatic N) is 1. The van der Waals surface area contributed by atoms with Crippen LogP contribution < -0.4 is 20.3 Å². The molecule has 2 atom stereocenters. The summed E-state index contributed by atoms with van der Waals surface area (Å²) >= 11 is 0. The van der Waals surface area contributed by atoms with E-state index < -0.39 is 24.9 Å². The molecule has 0 aliphatic carbocycles. The van der Waals surface area contributed by atoms with Crippen LogP contribution in [0, 0.1) is 0 Å². The summed E-state index contributed by atoms with van der Waals surface area (Å²) in [5, 5.41) is 5.47. The van der Waals surface area contributed by atoms with E-state index in [2.05, 4.69) is 15.5 Å². The average Bonchev–Trinajstić information content (AvgIpc) is 3.13. The minimum Gasteiger partial charge on any atom is -0.497 e. The maximum absolute atomic E-state index is 13.2. The highest BCUT2D eigenvalue weighted by Gasteiger charge is 2.42. The van der Waals surface area contributed by atoms with Crippen LogP contribution in [0.5, 0.6) is 5.75 Å². The zero-order valence-electron chi connectivity index (χ0n) is 13.8. The number of halogens is 4. The summed E-state index contributed by atoms with van der Waals surface area (Å²) in [5.41, 5.74) is 1.03. The minimum atomic E-state index is -2.79. The van der Waals surface area contributed by atoms with Gasteiger partial charge in [-0.15, -0.1) is 24.8 Å². The fourth-order valence-electron chi connectivity index (χ4n) is 3.12. The Hall–Kier alpha value is -1.31. The number of anilines is 1. The molecule has 0 bridgehead atoms. The lowest BCUT2D eigenvalue weighted by atomic mass is 10.1. The van der Waals surface area contributed by atoms with Crippen LogP contribution in [0.3, 0.4) is 0 Å². The molecule has 2 fully saturated rings. The number of carbonyl (C=O) groups excluding carboxylic acids is 1. The summed E-state index contributed by atoms with van der Waals surface area (Å²) in [7, 11) is 1.62. The Kier molecular flexibility index (Phi) is 7.71. The number of amides is 1. The summed E-state index contributed by atoms with van der Waals surface area (Å²) in [5.74, 6) is -2.34. The third-order valence-corrected chi connectivity index (χ3v) is 4.38. The molecule has 9 heteroatoms. The maximum atomic E-state index is 13.2. The van der Waals surface area contributed by atoms with Crippen molar-refractivity contribution in [2.24, 2.45) is 0 Å². The second kappa shape index (κ2) is 8.87. The topological polar surface area (TPSA) is 53.6 Å². The number of hydrogen-bond donors (Lipinski definition) is 2. The second-order valence-corrected chi connectivity index (χ2v) is 6.14. The van der Waals surface area contributed by atoms with Gasteiger partial charge >= 0.3 is 0 Å². The monoisotopic (exact) mass is 397 g/mol. The number of rotatable bonds is 4. The van der Waals surface area contributed by atoms with Gasteiger partial charge in [-0.1, -0.05) is 6.07 Å². The molecule has 142 valence electrons. The first-order chi connectivity index (χ1) is 11.0. The van der Waals surface area contributed by atoms with Crippen molar-refractivity contribution in [2.45, 2.75) is 30.8 Å². The summed E-state index contributed by atoms with van der Waals surface area (Å²) < 4.78 is 31.5. The molecule has 0 aromatic heterocycles. The van der Waals surface area contributed by atoms with Crippen molar-refractivity contribution in [1.29, 1.82) is 0 Å². The van der Waals surface area contributed by atoms with E-state index in [1.807, 2.05) is 24.3 Å². The van der Waals surface area contributed by atoms with Gasteiger partial charge in [-0.2, -0.15) is 0 Å². The molecule has 2 aliphatic heterocycles. The predicted octanol–water partition coefficient (Wildman–Crippen LogP) is 2.23. The molecule has 0 spiro atoms. The summed E-state index contributed by atoms with van der Waals surface area (Å²) in [6.07, 6.45) is 0.372. The van der Waals surface area contributed by atoms with E-state index in [4.69, 9.17) is 4.74 Å². The van der Waals surface area contributed by atoms with Crippen LogP contribution in [0.15, 0.2) is 24.3 Å². The van der Waals surface area contributed by atoms with Gasteiger partial charge in [0.1, 0.15) is 5.75 Å². The Morgan fingerprint density at radius 1 is 1.40 bits per heavy atom. The van der Waals surface area contributed by atoms with E-state index in [9.17, 15) is 13.6 Å². The number of ether oxygens (including phenoxy) is 1. The lowest BCUT2D eigenvalue weighted by Gasteiger charge is -2.20. The van der Waals surface area contributed by atoms with Gasteiger partial charge in [-0.3, -0.25) is 10.1 Å². The summed E-state index contributed by atoms with van der Waals surface area (Å²) in [6.45, 7) is 1.06. The van der Waals surface area contributed by atoms with E-state index in [0.717, 1.165) is 24.4 Å². The van der Waals surface area contributed by atoms with Crippen LogP contribution >= 0.6 is 24.8 Å². The number of carbonyl (C=O) groups is 1. The van der Waals surface area contributed by atoms with Crippen LogP contribution in [-0.4, -0.2) is 50.7 Å². The van der Waals surface area contributed by atoms with Crippen molar-refractivity contribution in [1.82, 2.24) is 10.6 Å². The molecule has 2 N–H and O–H groups in total. The summed E-state index contributed by atoms with van der Waals surface area (Å²) in [4.78, 5) is 14.2. The molecule has 1 aromatic carbocycles. The normalized spacial score (nSPS) is 24.2. The van der Waals surface area contributed by atoms with E-state index in [-0.39, 0.29) is 36.8 Å². The van der Waals surface area contributed by atoms with Crippen LogP contribution in [0.25, 0.3) is 0 Å². The van der Waals surface area contributed by atoms with Crippen molar-refractivity contribution in [2.75, 3.05) is 31.6 Å². The third-order valence-electron chi connectivity index (χ3n) is 4.38. The van der Waals surface area contributed by atoms with E-state index in [0.29, 0.717) is 6.54 Å². The Morgan fingerprint density at radius 3 is 2.80 bits per heavy atom. The number of methoxy groups -OCH3 is 1. The maximum Gasteiger partial charge on any atom is 0.262 e. The first-order valence-electron chi connectivity index (χ1n) is 7.77. The van der Waals surface area contributed by atoms with Crippen LogP contribution in [0.1, 0.15) is 12.8 Å². The van der Waals surface area contributed by atoms with Gasteiger partial charge in [0, 0.05) is 37.3 Å². The highest BCUT2D eigenvalue weighted by molar-refractivity contribution is 5.85. The third kappa shape index (κ3) is 5.33. The fourth-order valence-corrected chi connectivity index (χ4v) is 3.12. The molecule has 1 amide bonds. The predicted molar refractivity (Wildman–Crippen MR) is 97.6 cm³/mol. The van der Waals surface area contributed by atoms with E-state index >= 15 is 0 Å². The molecule has 0 saturated carbocycles. The Bertz CT molecular complexity index is 592. The van der Waals surface area contributed by atoms with Crippen molar-refractivity contribution in [3.05, 3.63) is 24.3 Å². The molecule has 2 aliphatic rings. The fraction of sp³-hybridized carbons (Fsp3) is 0.562. The van der Waals surface area contributed by atoms with Gasteiger partial charge in [-0.25, -0.2) is 8.78 Å². The van der Waals surface area contributed by atoms with Crippen molar-refractivity contribution >= 4 is 36.4 Å². The molecule has 25 heavy (non-hydrogen) atoms. The SMILES string of the molecule is COc1cccc(N2CCC(NC(=O)C3CC(F)(F)CN3)C2)c1.Cl.Cl. The molecule has 2 saturated heterocycles. The van der Waals surface area contributed by atoms with Gasteiger partial charge < -0.3 is 15.0 Å². The molecule has 2 unspecified atom stereocenters. The molecule has 2 heterocycles. The second-order valence-electron chi connectivity index (χ2n) is 6.14. The van der Waals surface area contributed by atoms with Crippen molar-refractivity contribution < 1.29 is 18.3 Å². The van der Waals surface area contributed by atoms with Gasteiger partial charge in [0.2, 0.25) is 5.91 Å². The van der Waals surface area contributed by atoms with Crippen LogP contribution in [0.4, 0.5) is 14.5 Å². The number of benzene rings is 1. The highest BCUT2D eigenvalue weighted by Crippen LogP contribution is 2.26. The Morgan fingerprint density at radius 2 is 2.16 bits per heavy atom. The van der Waals surface area contributed by atoms with Crippen LogP contribution in [0.2, 0.25) is 0 Å². The van der Waals surface area contributed by atoms with E-state index in [1.54, 1.807) is 7.11 Å². The summed E-state index contributed by atoms with van der Waals surface area (Å²) in [6, 6.07) is 6.92. The first kappa shape index (κ1) is 21.7. The smallest absolute Gasteiger partial charge is 0.262 e. The van der Waals surface area contributed by atoms with Crippen molar-refractivity contribution in [3.63, 3.8) is 0 Å². The van der Waals surface area contributed by atoms with Gasteiger partial charge in [-0.05, 0) is 18.6 Å². The molecule has 1 aromatic rings. The lowest BCUT2D eigenvalue weighted by Crippen LogP contribution is -2.46. The highest BCUT2D eigenvalue weighted by atomic mass is 35.5. The Labute approximate surface area is 158 Å². The van der Waals surface area contributed by atoms with E-state index in [1.165, 1.54) is 0 Å². The molecule has 3 rings (SSSR count). The molecule has 0 radical (unpaired) electrons. The zero-order valence-corrected chi connectivity index (χ0v) is 15.5. The quantitative estimate of drug-likeness (QED) is 0.817. The van der Waals surface area contributed by atoms with Gasteiger partial charge in [0.05, 0.1) is 19.7 Å². The standard InChI is InChI=1S/C16H21F2N3O2.2ClH/c1-23-13-4-2-3-12(7-13)21-6-5-11(9-21)20-15(22)14-8-16(17,18)10-19-14;;/h2-4,7,11,14,19H,5-6,8-10H2,1H3,(H,20,22);2*1H. The average molecular weight is 398 g/mol. The lowest BCUT2D eigenvalue weighted by molar-refractivity contribution is -0.124. The number of alkyl halides is 2. The first-order valence-corrected chi connectivity index (χ1v) is 7.77.